The zero-order valence-electron chi connectivity index (χ0n) is 11.6. The molecule has 2 atom stereocenters. The lowest BCUT2D eigenvalue weighted by Crippen LogP contribution is -2.41. The molecule has 0 aromatic carbocycles. The van der Waals surface area contributed by atoms with E-state index < -0.39 is 0 Å². The van der Waals surface area contributed by atoms with Gasteiger partial charge in [0.25, 0.3) is 0 Å². The Balaban J connectivity index is 1.41. The Kier molecular flexibility index (Phi) is 2.76. The van der Waals surface area contributed by atoms with Gasteiger partial charge in [-0.2, -0.15) is 4.98 Å². The van der Waals surface area contributed by atoms with Gasteiger partial charge >= 0.3 is 0 Å². The molecule has 2 N–H and O–H groups in total. The molecule has 4 rings (SSSR count). The second-order valence-electron chi connectivity index (χ2n) is 6.49. The Morgan fingerprint density at radius 3 is 2.58 bits per heavy atom. The van der Waals surface area contributed by atoms with Gasteiger partial charge in [-0.15, -0.1) is 5.10 Å². The molecule has 2 aliphatic carbocycles. The van der Waals surface area contributed by atoms with Crippen LogP contribution in [0.1, 0.15) is 43.8 Å². The molecule has 1 aromatic rings. The van der Waals surface area contributed by atoms with E-state index in [1.54, 1.807) is 0 Å². The number of hydrogen-bond donors (Lipinski definition) is 2. The summed E-state index contributed by atoms with van der Waals surface area (Å²) in [5.74, 6) is 4.72. The van der Waals surface area contributed by atoms with Gasteiger partial charge in [-0.3, -0.25) is 5.10 Å². The van der Waals surface area contributed by atoms with Crippen molar-refractivity contribution in [2.75, 3.05) is 25.0 Å². The highest BCUT2D eigenvalue weighted by Crippen LogP contribution is 2.56. The van der Waals surface area contributed by atoms with Crippen molar-refractivity contribution in [3.8, 4) is 0 Å². The van der Waals surface area contributed by atoms with Crippen LogP contribution >= 0.6 is 0 Å². The van der Waals surface area contributed by atoms with Gasteiger partial charge < -0.3 is 10.2 Å². The van der Waals surface area contributed by atoms with Gasteiger partial charge in [0.05, 0.1) is 0 Å². The van der Waals surface area contributed by atoms with E-state index >= 15 is 0 Å². The summed E-state index contributed by atoms with van der Waals surface area (Å²) in [6, 6.07) is 0.664. The van der Waals surface area contributed by atoms with E-state index in [4.69, 9.17) is 4.98 Å². The van der Waals surface area contributed by atoms with Crippen LogP contribution in [0.3, 0.4) is 0 Å². The van der Waals surface area contributed by atoms with E-state index in [1.165, 1.54) is 32.1 Å². The first kappa shape index (κ1) is 11.7. The molecule has 3 fully saturated rings. The van der Waals surface area contributed by atoms with Crippen LogP contribution in [-0.4, -0.2) is 41.4 Å². The van der Waals surface area contributed by atoms with Crippen LogP contribution in [0.2, 0.25) is 0 Å². The molecular formula is C14H23N5. The summed E-state index contributed by atoms with van der Waals surface area (Å²) >= 11 is 0. The van der Waals surface area contributed by atoms with E-state index in [2.05, 4.69) is 27.5 Å². The molecule has 2 saturated carbocycles. The average Bonchev–Trinajstić information content (AvgIpc) is 2.91. The molecule has 5 heteroatoms. The number of nitrogens with one attached hydrogen (secondary N) is 2. The number of anilines is 1. The molecule has 1 saturated heterocycles. The predicted octanol–water partition coefficient (Wildman–Crippen LogP) is 1.51. The first-order valence-corrected chi connectivity index (χ1v) is 7.68. The van der Waals surface area contributed by atoms with Crippen LogP contribution in [0.4, 0.5) is 5.95 Å². The minimum atomic E-state index is 0.653. The van der Waals surface area contributed by atoms with Crippen LogP contribution in [0.15, 0.2) is 0 Å². The average molecular weight is 261 g/mol. The normalized spacial score (nSPS) is 34.6. The number of rotatable bonds is 3. The van der Waals surface area contributed by atoms with Crippen molar-refractivity contribution in [3.05, 3.63) is 5.82 Å². The van der Waals surface area contributed by atoms with Gasteiger partial charge in [-0.25, -0.2) is 0 Å². The molecule has 2 heterocycles. The Morgan fingerprint density at radius 1 is 1.16 bits per heavy atom. The third-order valence-corrected chi connectivity index (χ3v) is 5.31. The number of piperidine rings is 1. The highest BCUT2D eigenvalue weighted by Gasteiger charge is 2.47. The first-order valence-electron chi connectivity index (χ1n) is 7.68. The minimum Gasteiger partial charge on any atom is -0.339 e. The van der Waals surface area contributed by atoms with E-state index in [-0.39, 0.29) is 0 Å². The van der Waals surface area contributed by atoms with Gasteiger partial charge in [0.2, 0.25) is 5.95 Å². The lowest BCUT2D eigenvalue weighted by Gasteiger charge is -2.30. The summed E-state index contributed by atoms with van der Waals surface area (Å²) in [7, 11) is 2.05. The third-order valence-electron chi connectivity index (χ3n) is 5.31. The molecule has 3 aliphatic rings. The fourth-order valence-electron chi connectivity index (χ4n) is 3.90. The van der Waals surface area contributed by atoms with Crippen molar-refractivity contribution in [1.29, 1.82) is 0 Å². The van der Waals surface area contributed by atoms with E-state index in [0.29, 0.717) is 12.0 Å². The Morgan fingerprint density at radius 2 is 1.89 bits per heavy atom. The summed E-state index contributed by atoms with van der Waals surface area (Å²) < 4.78 is 0. The molecule has 5 nitrogen and oxygen atoms in total. The summed E-state index contributed by atoms with van der Waals surface area (Å²) in [6.07, 6.45) is 6.51. The van der Waals surface area contributed by atoms with Gasteiger partial charge in [-0.05, 0) is 51.0 Å². The highest BCUT2D eigenvalue weighted by atomic mass is 15.4. The molecule has 0 amide bonds. The van der Waals surface area contributed by atoms with Gasteiger partial charge in [0, 0.05) is 25.0 Å². The summed E-state index contributed by atoms with van der Waals surface area (Å²) in [5, 5.41) is 11.0. The van der Waals surface area contributed by atoms with Crippen molar-refractivity contribution in [2.24, 2.45) is 11.8 Å². The zero-order chi connectivity index (χ0) is 12.8. The van der Waals surface area contributed by atoms with Crippen LogP contribution in [0.5, 0.6) is 0 Å². The number of aromatic amines is 1. The maximum Gasteiger partial charge on any atom is 0.244 e. The molecule has 2 unspecified atom stereocenters. The number of fused-ring (bicyclic) bond motifs is 1. The molecule has 1 aliphatic heterocycles. The highest BCUT2D eigenvalue weighted by molar-refractivity contribution is 5.30. The van der Waals surface area contributed by atoms with E-state index in [9.17, 15) is 0 Å². The van der Waals surface area contributed by atoms with Crippen LogP contribution in [-0.2, 0) is 0 Å². The largest absolute Gasteiger partial charge is 0.339 e. The topological polar surface area (TPSA) is 56.8 Å². The maximum atomic E-state index is 4.76. The van der Waals surface area contributed by atoms with Crippen molar-refractivity contribution in [1.82, 2.24) is 20.5 Å². The molecule has 0 bridgehead atoms. The molecule has 0 spiro atoms. The Labute approximate surface area is 114 Å². The fraction of sp³-hybridized carbons (Fsp3) is 0.857. The lowest BCUT2D eigenvalue weighted by atomic mass is 10.0. The van der Waals surface area contributed by atoms with Crippen LogP contribution in [0.25, 0.3) is 0 Å². The standard InChI is InChI=1S/C14H23N5/c1-15-12-2-4-19(5-3-12)14-16-13(17-18-14)11-7-9-6-10(9)8-11/h9-12,15H,2-8H2,1H3,(H,16,17,18). The van der Waals surface area contributed by atoms with Crippen molar-refractivity contribution in [3.63, 3.8) is 0 Å². The predicted molar refractivity (Wildman–Crippen MR) is 74.2 cm³/mol. The monoisotopic (exact) mass is 261 g/mol. The van der Waals surface area contributed by atoms with Crippen LogP contribution < -0.4 is 10.2 Å². The van der Waals surface area contributed by atoms with Crippen molar-refractivity contribution < 1.29 is 0 Å². The maximum absolute atomic E-state index is 4.76. The van der Waals surface area contributed by atoms with Gasteiger partial charge in [0.15, 0.2) is 0 Å². The zero-order valence-corrected chi connectivity index (χ0v) is 11.6. The molecule has 1 aromatic heterocycles. The Hall–Kier alpha value is -1.10. The van der Waals surface area contributed by atoms with Gasteiger partial charge in [-0.1, -0.05) is 0 Å². The second-order valence-corrected chi connectivity index (χ2v) is 6.49. The fourth-order valence-corrected chi connectivity index (χ4v) is 3.90. The number of aromatic nitrogens is 3. The molecule has 19 heavy (non-hydrogen) atoms. The third kappa shape index (κ3) is 2.14. The molecular weight excluding hydrogens is 238 g/mol. The summed E-state index contributed by atoms with van der Waals surface area (Å²) in [5.41, 5.74) is 0. The quantitative estimate of drug-likeness (QED) is 0.866. The molecule has 0 radical (unpaired) electrons. The SMILES string of the molecule is CNC1CCN(c2n[nH]c(C3CC4CC4C3)n2)CC1. The van der Waals surface area contributed by atoms with E-state index in [1.807, 2.05) is 0 Å². The smallest absolute Gasteiger partial charge is 0.244 e. The van der Waals surface area contributed by atoms with Gasteiger partial charge in [0.1, 0.15) is 5.82 Å². The van der Waals surface area contributed by atoms with Crippen molar-refractivity contribution >= 4 is 5.95 Å². The van der Waals surface area contributed by atoms with E-state index in [0.717, 1.165) is 36.7 Å². The first-order chi connectivity index (χ1) is 9.33. The number of hydrogen-bond acceptors (Lipinski definition) is 4. The summed E-state index contributed by atoms with van der Waals surface area (Å²) in [6.45, 7) is 2.14. The van der Waals surface area contributed by atoms with Crippen LogP contribution in [0, 0.1) is 11.8 Å². The van der Waals surface area contributed by atoms with Crippen molar-refractivity contribution in [2.45, 2.75) is 44.1 Å². The molecule has 104 valence electrons. The number of H-pyrrole nitrogens is 1. The Bertz CT molecular complexity index is 438. The minimum absolute atomic E-state index is 0.653. The lowest BCUT2D eigenvalue weighted by molar-refractivity contribution is 0.439. The second kappa shape index (κ2) is 4.47. The number of nitrogens with zero attached hydrogens (tertiary/aromatic N) is 3. The summed E-state index contributed by atoms with van der Waals surface area (Å²) in [4.78, 5) is 7.08.